The van der Waals surface area contributed by atoms with Gasteiger partial charge in [-0.05, 0) is 42.9 Å². The Morgan fingerprint density at radius 2 is 2.15 bits per heavy atom. The van der Waals surface area contributed by atoms with Crippen molar-refractivity contribution < 1.29 is 0 Å². The summed E-state index contributed by atoms with van der Waals surface area (Å²) >= 11 is 0. The summed E-state index contributed by atoms with van der Waals surface area (Å²) in [6.07, 6.45) is 11.1. The van der Waals surface area contributed by atoms with Crippen molar-refractivity contribution in [1.29, 1.82) is 0 Å². The zero-order valence-corrected chi connectivity index (χ0v) is 16.8. The molecule has 6 heteroatoms. The Morgan fingerprint density at radius 3 is 2.85 bits per heavy atom. The van der Waals surface area contributed by atoms with E-state index in [2.05, 4.69) is 47.0 Å². The minimum atomic E-state index is 0.651. The Balaban J connectivity index is 1.69. The molecule has 2 aromatic rings. The van der Waals surface area contributed by atoms with E-state index >= 15 is 0 Å². The van der Waals surface area contributed by atoms with Gasteiger partial charge in [-0.2, -0.15) is 0 Å². The van der Waals surface area contributed by atoms with Crippen LogP contribution in [-0.2, 0) is 6.54 Å². The number of guanidine groups is 1. The van der Waals surface area contributed by atoms with Gasteiger partial charge in [-0.1, -0.05) is 26.7 Å². The fourth-order valence-electron chi connectivity index (χ4n) is 4.01. The number of imidazole rings is 1. The number of aliphatic imine (C=N–C) groups is 1. The number of hydrogen-bond donors (Lipinski definition) is 1. The number of hydrogen-bond acceptors (Lipinski definition) is 3. The maximum absolute atomic E-state index is 4.91. The molecule has 3 rings (SSSR count). The third-order valence-corrected chi connectivity index (χ3v) is 5.56. The topological polar surface area (TPSA) is 58.3 Å². The van der Waals surface area contributed by atoms with E-state index in [0.717, 1.165) is 48.8 Å². The van der Waals surface area contributed by atoms with Gasteiger partial charge in [0.2, 0.25) is 0 Å². The highest BCUT2D eigenvalue weighted by atomic mass is 15.3. The summed E-state index contributed by atoms with van der Waals surface area (Å²) in [6.45, 7) is 10.5. The molecule has 146 valence electrons. The van der Waals surface area contributed by atoms with Crippen LogP contribution in [0.5, 0.6) is 0 Å². The molecule has 0 spiro atoms. The van der Waals surface area contributed by atoms with Crippen molar-refractivity contribution in [2.75, 3.05) is 19.6 Å². The van der Waals surface area contributed by atoms with Crippen LogP contribution in [0.25, 0.3) is 5.82 Å². The van der Waals surface area contributed by atoms with Crippen LogP contribution in [0.1, 0.15) is 45.6 Å². The van der Waals surface area contributed by atoms with Crippen molar-refractivity contribution in [3.63, 3.8) is 0 Å². The van der Waals surface area contributed by atoms with Crippen LogP contribution in [-0.4, -0.2) is 45.0 Å². The van der Waals surface area contributed by atoms with Crippen molar-refractivity contribution in [3.8, 4) is 5.82 Å². The molecule has 0 aliphatic carbocycles. The van der Waals surface area contributed by atoms with E-state index in [0.29, 0.717) is 6.54 Å². The van der Waals surface area contributed by atoms with Crippen LogP contribution in [0.4, 0.5) is 0 Å². The number of pyridine rings is 1. The second-order valence-electron chi connectivity index (χ2n) is 7.23. The number of nitrogens with one attached hydrogen (secondary N) is 1. The van der Waals surface area contributed by atoms with Gasteiger partial charge in [-0.3, -0.25) is 4.57 Å². The molecule has 1 aliphatic heterocycles. The van der Waals surface area contributed by atoms with E-state index in [9.17, 15) is 0 Å². The Morgan fingerprint density at radius 1 is 1.30 bits per heavy atom. The van der Waals surface area contributed by atoms with Crippen LogP contribution in [0.2, 0.25) is 0 Å². The van der Waals surface area contributed by atoms with Crippen molar-refractivity contribution in [3.05, 3.63) is 42.6 Å². The first-order chi connectivity index (χ1) is 13.2. The van der Waals surface area contributed by atoms with Gasteiger partial charge in [0.15, 0.2) is 5.96 Å². The lowest BCUT2D eigenvalue weighted by molar-refractivity contribution is 0.319. The van der Waals surface area contributed by atoms with Gasteiger partial charge in [0, 0.05) is 38.2 Å². The molecule has 0 bridgehead atoms. The summed E-state index contributed by atoms with van der Waals surface area (Å²) in [6, 6.07) is 4.11. The highest BCUT2D eigenvalue weighted by Crippen LogP contribution is 2.28. The minimum Gasteiger partial charge on any atom is -0.357 e. The molecule has 1 N–H and O–H groups in total. The summed E-state index contributed by atoms with van der Waals surface area (Å²) in [5.41, 5.74) is 1.15. The molecule has 0 saturated carbocycles. The first-order valence-corrected chi connectivity index (χ1v) is 10.2. The van der Waals surface area contributed by atoms with Crippen molar-refractivity contribution >= 4 is 5.96 Å². The highest BCUT2D eigenvalue weighted by molar-refractivity contribution is 5.80. The average Bonchev–Trinajstić information content (AvgIpc) is 3.39. The van der Waals surface area contributed by atoms with Crippen LogP contribution in [0.15, 0.2) is 42.0 Å². The fourth-order valence-corrected chi connectivity index (χ4v) is 4.01. The highest BCUT2D eigenvalue weighted by Gasteiger charge is 2.29. The van der Waals surface area contributed by atoms with Gasteiger partial charge in [-0.25, -0.2) is 15.0 Å². The largest absolute Gasteiger partial charge is 0.357 e. The van der Waals surface area contributed by atoms with E-state index in [1.165, 1.54) is 19.3 Å². The van der Waals surface area contributed by atoms with Crippen molar-refractivity contribution in [2.24, 2.45) is 16.8 Å². The molecule has 6 nitrogen and oxygen atoms in total. The number of rotatable bonds is 7. The van der Waals surface area contributed by atoms with Gasteiger partial charge < -0.3 is 10.2 Å². The van der Waals surface area contributed by atoms with Crippen LogP contribution in [0, 0.1) is 11.8 Å². The SMILES string of the molecule is CCNC(=NCc1ccnc(-n2ccnc2)c1)N1CCC(C(CC)CC)C1. The predicted octanol–water partition coefficient (Wildman–Crippen LogP) is 3.49. The predicted molar refractivity (Wildman–Crippen MR) is 110 cm³/mol. The summed E-state index contributed by atoms with van der Waals surface area (Å²) < 4.78 is 1.92. The third kappa shape index (κ3) is 4.87. The first kappa shape index (κ1) is 19.4. The van der Waals surface area contributed by atoms with Crippen LogP contribution >= 0.6 is 0 Å². The zero-order chi connectivity index (χ0) is 19.1. The van der Waals surface area contributed by atoms with Gasteiger partial charge in [0.25, 0.3) is 0 Å². The van der Waals surface area contributed by atoms with E-state index < -0.39 is 0 Å². The van der Waals surface area contributed by atoms with E-state index in [4.69, 9.17) is 4.99 Å². The summed E-state index contributed by atoms with van der Waals surface area (Å²) in [7, 11) is 0. The van der Waals surface area contributed by atoms with Crippen molar-refractivity contribution in [2.45, 2.75) is 46.6 Å². The molecule has 0 radical (unpaired) electrons. The lowest BCUT2D eigenvalue weighted by atomic mass is 9.87. The summed E-state index contributed by atoms with van der Waals surface area (Å²) in [5, 5.41) is 3.48. The third-order valence-electron chi connectivity index (χ3n) is 5.56. The van der Waals surface area contributed by atoms with Gasteiger partial charge in [-0.15, -0.1) is 0 Å². The van der Waals surface area contributed by atoms with Crippen molar-refractivity contribution in [1.82, 2.24) is 24.8 Å². The van der Waals surface area contributed by atoms with E-state index in [1.807, 2.05) is 23.0 Å². The second kappa shape index (κ2) is 9.53. The molecule has 1 unspecified atom stereocenters. The Labute approximate surface area is 162 Å². The smallest absolute Gasteiger partial charge is 0.194 e. The monoisotopic (exact) mass is 368 g/mol. The molecule has 3 heterocycles. The molecule has 27 heavy (non-hydrogen) atoms. The maximum Gasteiger partial charge on any atom is 0.194 e. The molecule has 1 aliphatic rings. The van der Waals surface area contributed by atoms with Gasteiger partial charge >= 0.3 is 0 Å². The molecule has 1 saturated heterocycles. The summed E-state index contributed by atoms with van der Waals surface area (Å²) in [4.78, 5) is 15.9. The molecule has 0 amide bonds. The Bertz CT molecular complexity index is 720. The normalized spacial score (nSPS) is 17.7. The molecular formula is C21H32N6. The maximum atomic E-state index is 4.91. The van der Waals surface area contributed by atoms with Crippen LogP contribution in [0.3, 0.4) is 0 Å². The molecule has 2 aromatic heterocycles. The number of likely N-dealkylation sites (tertiary alicyclic amines) is 1. The van der Waals surface area contributed by atoms with Crippen LogP contribution < -0.4 is 5.32 Å². The van der Waals surface area contributed by atoms with Gasteiger partial charge in [0.05, 0.1) is 6.54 Å². The van der Waals surface area contributed by atoms with E-state index in [-0.39, 0.29) is 0 Å². The molecule has 0 aromatic carbocycles. The summed E-state index contributed by atoms with van der Waals surface area (Å²) in [5.74, 6) is 3.53. The molecular weight excluding hydrogens is 336 g/mol. The Kier molecular flexibility index (Phi) is 6.85. The van der Waals surface area contributed by atoms with E-state index in [1.54, 1.807) is 12.5 Å². The lowest BCUT2D eigenvalue weighted by Crippen LogP contribution is -2.40. The zero-order valence-electron chi connectivity index (χ0n) is 16.8. The fraction of sp³-hybridized carbons (Fsp3) is 0.571. The molecule has 1 atom stereocenters. The quantitative estimate of drug-likeness (QED) is 0.600. The number of aromatic nitrogens is 3. The van der Waals surface area contributed by atoms with Gasteiger partial charge in [0.1, 0.15) is 12.1 Å². The minimum absolute atomic E-state index is 0.651. The first-order valence-electron chi connectivity index (χ1n) is 10.2. The second-order valence-corrected chi connectivity index (χ2v) is 7.23. The lowest BCUT2D eigenvalue weighted by Gasteiger charge is -2.24. The number of nitrogens with zero attached hydrogens (tertiary/aromatic N) is 5. The molecule has 1 fully saturated rings. The standard InChI is InChI=1S/C21H32N6/c1-4-18(5-2)19-8-11-26(15-19)21(23-6-3)25-14-17-7-9-24-20(13-17)27-12-10-22-16-27/h7,9-10,12-13,16,18-19H,4-6,8,11,14-15H2,1-3H3,(H,23,25). The average molecular weight is 369 g/mol. The Hall–Kier alpha value is -2.37.